The van der Waals surface area contributed by atoms with Crippen LogP contribution in [0.2, 0.25) is 5.15 Å². The number of halogens is 1. The van der Waals surface area contributed by atoms with Crippen LogP contribution in [0.4, 0.5) is 5.95 Å². The van der Waals surface area contributed by atoms with Crippen molar-refractivity contribution in [1.29, 1.82) is 0 Å². The minimum atomic E-state index is 0.315. The second kappa shape index (κ2) is 4.50. The predicted molar refractivity (Wildman–Crippen MR) is 59.6 cm³/mol. The molecule has 0 aromatic carbocycles. The summed E-state index contributed by atoms with van der Waals surface area (Å²) in [7, 11) is 0. The molecule has 2 rings (SSSR count). The number of aromatic nitrogens is 4. The summed E-state index contributed by atoms with van der Waals surface area (Å²) in [4.78, 5) is 7.94. The van der Waals surface area contributed by atoms with Gasteiger partial charge in [0.25, 0.3) is 0 Å². The summed E-state index contributed by atoms with van der Waals surface area (Å²) in [6, 6.07) is 3.76. The van der Waals surface area contributed by atoms with Gasteiger partial charge in [0.2, 0.25) is 11.1 Å². The highest BCUT2D eigenvalue weighted by molar-refractivity contribution is 7.98. The Labute approximate surface area is 95.5 Å². The topological polar surface area (TPSA) is 80.5 Å². The van der Waals surface area contributed by atoms with Gasteiger partial charge in [-0.2, -0.15) is 4.98 Å². The monoisotopic (exact) mass is 241 g/mol. The summed E-state index contributed by atoms with van der Waals surface area (Å²) in [6.07, 6.45) is 1.65. The second-order valence-corrected chi connectivity index (χ2v) is 4.05. The van der Waals surface area contributed by atoms with Gasteiger partial charge >= 0.3 is 0 Å². The van der Waals surface area contributed by atoms with Gasteiger partial charge in [0.15, 0.2) is 0 Å². The zero-order valence-corrected chi connectivity index (χ0v) is 9.22. The molecular weight excluding hydrogens is 234 g/mol. The SMILES string of the molecule is Nc1nc(SCc2cccnc2Cl)n[nH]1. The van der Waals surface area contributed by atoms with E-state index < -0.39 is 0 Å². The van der Waals surface area contributed by atoms with Crippen LogP contribution in [-0.4, -0.2) is 20.2 Å². The van der Waals surface area contributed by atoms with Gasteiger partial charge in [-0.05, 0) is 11.6 Å². The Hall–Kier alpha value is -1.27. The van der Waals surface area contributed by atoms with Gasteiger partial charge in [0, 0.05) is 11.9 Å². The first-order valence-corrected chi connectivity index (χ1v) is 5.52. The third-order valence-electron chi connectivity index (χ3n) is 1.68. The van der Waals surface area contributed by atoms with Gasteiger partial charge in [-0.3, -0.25) is 0 Å². The predicted octanol–water partition coefficient (Wildman–Crippen LogP) is 1.73. The molecule has 0 fully saturated rings. The fourth-order valence-corrected chi connectivity index (χ4v) is 2.05. The van der Waals surface area contributed by atoms with Crippen LogP contribution in [0.15, 0.2) is 23.5 Å². The Morgan fingerprint density at radius 2 is 2.40 bits per heavy atom. The lowest BCUT2D eigenvalue weighted by molar-refractivity contribution is 0.973. The van der Waals surface area contributed by atoms with Crippen LogP contribution < -0.4 is 5.73 Å². The highest BCUT2D eigenvalue weighted by Crippen LogP contribution is 2.22. The second-order valence-electron chi connectivity index (χ2n) is 2.75. The molecule has 0 spiro atoms. The Morgan fingerprint density at radius 3 is 3.07 bits per heavy atom. The smallest absolute Gasteiger partial charge is 0.216 e. The van der Waals surface area contributed by atoms with E-state index >= 15 is 0 Å². The van der Waals surface area contributed by atoms with Crippen molar-refractivity contribution in [3.8, 4) is 0 Å². The number of aromatic amines is 1. The minimum Gasteiger partial charge on any atom is -0.368 e. The first kappa shape index (κ1) is 10.3. The van der Waals surface area contributed by atoms with Crippen LogP contribution in [0, 0.1) is 0 Å². The van der Waals surface area contributed by atoms with Gasteiger partial charge in [0.05, 0.1) is 0 Å². The molecule has 7 heteroatoms. The number of nitrogens with two attached hydrogens (primary N) is 1. The Morgan fingerprint density at radius 1 is 1.53 bits per heavy atom. The maximum atomic E-state index is 5.90. The van der Waals surface area contributed by atoms with Crippen molar-refractivity contribution < 1.29 is 0 Å². The molecule has 0 bridgehead atoms. The Kier molecular flexibility index (Phi) is 3.08. The summed E-state index contributed by atoms with van der Waals surface area (Å²) in [6.45, 7) is 0. The lowest BCUT2D eigenvalue weighted by Crippen LogP contribution is -1.86. The molecule has 2 aromatic heterocycles. The number of thioether (sulfide) groups is 1. The summed E-state index contributed by atoms with van der Waals surface area (Å²) >= 11 is 7.35. The number of nitrogen functional groups attached to an aromatic ring is 1. The van der Waals surface area contributed by atoms with Crippen LogP contribution in [0.5, 0.6) is 0 Å². The van der Waals surface area contributed by atoms with E-state index in [1.807, 2.05) is 12.1 Å². The Bertz CT molecular complexity index is 458. The van der Waals surface area contributed by atoms with Crippen LogP contribution >= 0.6 is 23.4 Å². The van der Waals surface area contributed by atoms with E-state index in [2.05, 4.69) is 20.2 Å². The Balaban J connectivity index is 2.02. The largest absolute Gasteiger partial charge is 0.368 e. The molecule has 0 atom stereocenters. The number of nitrogens with one attached hydrogen (secondary N) is 1. The number of pyridine rings is 1. The van der Waals surface area contributed by atoms with Crippen molar-refractivity contribution in [2.24, 2.45) is 0 Å². The number of anilines is 1. The van der Waals surface area contributed by atoms with Crippen molar-refractivity contribution >= 4 is 29.3 Å². The number of rotatable bonds is 3. The van der Waals surface area contributed by atoms with Gasteiger partial charge in [-0.1, -0.05) is 29.4 Å². The van der Waals surface area contributed by atoms with Gasteiger partial charge in [-0.25, -0.2) is 10.1 Å². The fourth-order valence-electron chi connectivity index (χ4n) is 0.992. The van der Waals surface area contributed by atoms with Gasteiger partial charge in [-0.15, -0.1) is 5.10 Å². The fraction of sp³-hybridized carbons (Fsp3) is 0.125. The molecule has 0 aliphatic rings. The van der Waals surface area contributed by atoms with Crippen molar-refractivity contribution in [1.82, 2.24) is 20.2 Å². The third kappa shape index (κ3) is 2.60. The molecule has 0 radical (unpaired) electrons. The average Bonchev–Trinajstić information content (AvgIpc) is 2.63. The van der Waals surface area contributed by atoms with E-state index in [-0.39, 0.29) is 0 Å². The highest BCUT2D eigenvalue weighted by atomic mass is 35.5. The molecule has 0 saturated heterocycles. The number of hydrogen-bond acceptors (Lipinski definition) is 5. The summed E-state index contributed by atoms with van der Waals surface area (Å²) in [5.41, 5.74) is 6.35. The zero-order chi connectivity index (χ0) is 10.7. The van der Waals surface area contributed by atoms with Crippen LogP contribution in [-0.2, 0) is 5.75 Å². The van der Waals surface area contributed by atoms with Crippen molar-refractivity contribution in [3.05, 3.63) is 29.0 Å². The van der Waals surface area contributed by atoms with Gasteiger partial charge < -0.3 is 5.73 Å². The van der Waals surface area contributed by atoms with E-state index in [4.69, 9.17) is 17.3 Å². The maximum Gasteiger partial charge on any atom is 0.216 e. The van der Waals surface area contributed by atoms with Crippen LogP contribution in [0.25, 0.3) is 0 Å². The van der Waals surface area contributed by atoms with Gasteiger partial charge in [0.1, 0.15) is 5.15 Å². The van der Waals surface area contributed by atoms with Crippen molar-refractivity contribution in [3.63, 3.8) is 0 Å². The average molecular weight is 242 g/mol. The molecule has 0 aliphatic heterocycles. The zero-order valence-electron chi connectivity index (χ0n) is 7.64. The third-order valence-corrected chi connectivity index (χ3v) is 2.91. The molecule has 0 aliphatic carbocycles. The van der Waals surface area contributed by atoms with E-state index in [1.54, 1.807) is 6.20 Å². The number of hydrogen-bond donors (Lipinski definition) is 2. The minimum absolute atomic E-state index is 0.315. The molecule has 0 unspecified atom stereocenters. The number of H-pyrrole nitrogens is 1. The van der Waals surface area contributed by atoms with E-state index in [0.29, 0.717) is 22.0 Å². The lowest BCUT2D eigenvalue weighted by Gasteiger charge is -1.99. The van der Waals surface area contributed by atoms with Crippen LogP contribution in [0.3, 0.4) is 0 Å². The number of nitrogens with zero attached hydrogens (tertiary/aromatic N) is 3. The molecule has 5 nitrogen and oxygen atoms in total. The molecule has 15 heavy (non-hydrogen) atoms. The molecule has 0 amide bonds. The normalized spacial score (nSPS) is 10.5. The molecule has 2 aromatic rings. The molecule has 3 N–H and O–H groups in total. The molecule has 78 valence electrons. The summed E-state index contributed by atoms with van der Waals surface area (Å²) in [5.74, 6) is 0.985. The first-order chi connectivity index (χ1) is 7.25. The van der Waals surface area contributed by atoms with Crippen LogP contribution in [0.1, 0.15) is 5.56 Å². The van der Waals surface area contributed by atoms with E-state index in [9.17, 15) is 0 Å². The first-order valence-electron chi connectivity index (χ1n) is 4.16. The quantitative estimate of drug-likeness (QED) is 0.632. The lowest BCUT2D eigenvalue weighted by atomic mass is 10.3. The summed E-state index contributed by atoms with van der Waals surface area (Å²) in [5, 5.41) is 7.58. The standard InChI is InChI=1S/C8H8ClN5S/c9-6-5(2-1-3-11-6)4-15-8-12-7(10)13-14-8/h1-3H,4H2,(H3,10,12,13,14). The molecule has 0 saturated carbocycles. The highest BCUT2D eigenvalue weighted by Gasteiger charge is 2.04. The maximum absolute atomic E-state index is 5.90. The molecular formula is C8H8ClN5S. The molecule has 2 heterocycles. The van der Waals surface area contributed by atoms with E-state index in [1.165, 1.54) is 11.8 Å². The van der Waals surface area contributed by atoms with Crippen molar-refractivity contribution in [2.75, 3.05) is 5.73 Å². The van der Waals surface area contributed by atoms with Crippen molar-refractivity contribution in [2.45, 2.75) is 10.9 Å². The summed E-state index contributed by atoms with van der Waals surface area (Å²) < 4.78 is 0. The van der Waals surface area contributed by atoms with E-state index in [0.717, 1.165) is 5.56 Å².